The largest absolute Gasteiger partial charge is 0.355 e. The van der Waals surface area contributed by atoms with Gasteiger partial charge >= 0.3 is 0 Å². The summed E-state index contributed by atoms with van der Waals surface area (Å²) in [6.07, 6.45) is 3.80. The summed E-state index contributed by atoms with van der Waals surface area (Å²) in [5, 5.41) is 3.43. The van der Waals surface area contributed by atoms with Crippen LogP contribution < -0.4 is 10.2 Å². The van der Waals surface area contributed by atoms with Gasteiger partial charge in [0.05, 0.1) is 0 Å². The summed E-state index contributed by atoms with van der Waals surface area (Å²) in [6, 6.07) is 2.20. The van der Waals surface area contributed by atoms with Crippen molar-refractivity contribution < 1.29 is 0 Å². The fourth-order valence-electron chi connectivity index (χ4n) is 2.40. The normalized spacial score (nSPS) is 21.4. The summed E-state index contributed by atoms with van der Waals surface area (Å²) < 4.78 is 0. The first kappa shape index (κ1) is 11.0. The second-order valence-electron chi connectivity index (χ2n) is 5.06. The highest BCUT2D eigenvalue weighted by atomic mass is 15.2. The monoisotopic (exact) mass is 232 g/mol. The van der Waals surface area contributed by atoms with Crippen molar-refractivity contribution in [3.05, 3.63) is 17.6 Å². The van der Waals surface area contributed by atoms with Crippen molar-refractivity contribution in [2.75, 3.05) is 31.1 Å². The number of hydrogen-bond acceptors (Lipinski definition) is 4. The van der Waals surface area contributed by atoms with Gasteiger partial charge in [-0.05, 0) is 32.7 Å². The van der Waals surface area contributed by atoms with E-state index in [1.54, 1.807) is 0 Å². The SMILES string of the molecule is Cc1nc(C2CC2)cc(N2CCCNCC2)n1. The van der Waals surface area contributed by atoms with Gasteiger partial charge < -0.3 is 10.2 Å². The van der Waals surface area contributed by atoms with E-state index in [4.69, 9.17) is 0 Å². The van der Waals surface area contributed by atoms with Crippen LogP contribution in [0.15, 0.2) is 6.07 Å². The van der Waals surface area contributed by atoms with E-state index in [9.17, 15) is 0 Å². The fraction of sp³-hybridized carbons (Fsp3) is 0.692. The van der Waals surface area contributed by atoms with Gasteiger partial charge in [-0.25, -0.2) is 9.97 Å². The molecule has 0 aromatic carbocycles. The first-order valence-electron chi connectivity index (χ1n) is 6.64. The van der Waals surface area contributed by atoms with Crippen LogP contribution in [0, 0.1) is 6.92 Å². The van der Waals surface area contributed by atoms with Gasteiger partial charge in [0, 0.05) is 37.3 Å². The summed E-state index contributed by atoms with van der Waals surface area (Å²) in [7, 11) is 0. The van der Waals surface area contributed by atoms with Crippen LogP contribution in [0.3, 0.4) is 0 Å². The lowest BCUT2D eigenvalue weighted by molar-refractivity contribution is 0.724. The maximum atomic E-state index is 4.60. The molecule has 92 valence electrons. The van der Waals surface area contributed by atoms with Crippen LogP contribution in [0.5, 0.6) is 0 Å². The second kappa shape index (κ2) is 4.61. The van der Waals surface area contributed by atoms with E-state index in [0.717, 1.165) is 37.8 Å². The van der Waals surface area contributed by atoms with E-state index >= 15 is 0 Å². The van der Waals surface area contributed by atoms with Crippen molar-refractivity contribution in [1.29, 1.82) is 0 Å². The smallest absolute Gasteiger partial charge is 0.132 e. The highest BCUT2D eigenvalue weighted by molar-refractivity contribution is 5.41. The Bertz CT molecular complexity index is 392. The molecule has 0 spiro atoms. The summed E-state index contributed by atoms with van der Waals surface area (Å²) in [5.41, 5.74) is 1.25. The Labute approximate surface area is 102 Å². The average Bonchev–Trinajstić information content (AvgIpc) is 3.16. The lowest BCUT2D eigenvalue weighted by Gasteiger charge is -2.21. The molecule has 1 saturated heterocycles. The summed E-state index contributed by atoms with van der Waals surface area (Å²) >= 11 is 0. The molecule has 0 bridgehead atoms. The maximum absolute atomic E-state index is 4.60. The topological polar surface area (TPSA) is 41.1 Å². The van der Waals surface area contributed by atoms with Crippen LogP contribution in [0.4, 0.5) is 5.82 Å². The van der Waals surface area contributed by atoms with Gasteiger partial charge in [0.1, 0.15) is 11.6 Å². The van der Waals surface area contributed by atoms with E-state index in [1.807, 2.05) is 6.92 Å². The minimum absolute atomic E-state index is 0.709. The van der Waals surface area contributed by atoms with Gasteiger partial charge in [0.15, 0.2) is 0 Å². The molecule has 1 aromatic rings. The standard InChI is InChI=1S/C13H20N4/c1-10-15-12(11-3-4-11)9-13(16-10)17-7-2-5-14-6-8-17/h9,11,14H,2-8H2,1H3. The molecule has 2 aliphatic rings. The number of nitrogens with one attached hydrogen (secondary N) is 1. The molecule has 0 radical (unpaired) electrons. The zero-order valence-electron chi connectivity index (χ0n) is 10.4. The molecular weight excluding hydrogens is 212 g/mol. The predicted octanol–water partition coefficient (Wildman–Crippen LogP) is 1.46. The number of aromatic nitrogens is 2. The lowest BCUT2D eigenvalue weighted by Crippen LogP contribution is -2.29. The summed E-state index contributed by atoms with van der Waals surface area (Å²) in [5.74, 6) is 2.75. The van der Waals surface area contributed by atoms with Crippen molar-refractivity contribution in [2.24, 2.45) is 0 Å². The minimum atomic E-state index is 0.709. The van der Waals surface area contributed by atoms with Crippen LogP contribution in [-0.2, 0) is 0 Å². The molecule has 17 heavy (non-hydrogen) atoms. The van der Waals surface area contributed by atoms with Crippen LogP contribution >= 0.6 is 0 Å². The molecule has 1 N–H and O–H groups in total. The number of rotatable bonds is 2. The molecule has 0 amide bonds. The zero-order valence-corrected chi connectivity index (χ0v) is 10.4. The number of aryl methyl sites for hydroxylation is 1. The molecule has 1 aliphatic heterocycles. The fourth-order valence-corrected chi connectivity index (χ4v) is 2.40. The van der Waals surface area contributed by atoms with Gasteiger partial charge in [-0.3, -0.25) is 0 Å². The van der Waals surface area contributed by atoms with Crippen LogP contribution in [-0.4, -0.2) is 36.1 Å². The van der Waals surface area contributed by atoms with E-state index in [1.165, 1.54) is 25.0 Å². The lowest BCUT2D eigenvalue weighted by atomic mass is 10.2. The third-order valence-corrected chi connectivity index (χ3v) is 3.50. The van der Waals surface area contributed by atoms with Gasteiger partial charge in [0.25, 0.3) is 0 Å². The van der Waals surface area contributed by atoms with Gasteiger partial charge in [-0.1, -0.05) is 0 Å². The molecular formula is C13H20N4. The Hall–Kier alpha value is -1.16. The Morgan fingerprint density at radius 3 is 2.94 bits per heavy atom. The summed E-state index contributed by atoms with van der Waals surface area (Å²) in [6.45, 7) is 6.34. The quantitative estimate of drug-likeness (QED) is 0.838. The molecule has 2 fully saturated rings. The molecule has 1 aromatic heterocycles. The van der Waals surface area contributed by atoms with Crippen LogP contribution in [0.1, 0.15) is 36.7 Å². The average molecular weight is 232 g/mol. The molecule has 1 aliphatic carbocycles. The maximum Gasteiger partial charge on any atom is 0.132 e. The van der Waals surface area contributed by atoms with Gasteiger partial charge in [0.2, 0.25) is 0 Å². The first-order valence-corrected chi connectivity index (χ1v) is 6.64. The van der Waals surface area contributed by atoms with Gasteiger partial charge in [-0.15, -0.1) is 0 Å². The number of nitrogens with zero attached hydrogens (tertiary/aromatic N) is 3. The van der Waals surface area contributed by atoms with E-state index in [0.29, 0.717) is 5.92 Å². The molecule has 1 saturated carbocycles. The second-order valence-corrected chi connectivity index (χ2v) is 5.06. The number of hydrogen-bond donors (Lipinski definition) is 1. The highest BCUT2D eigenvalue weighted by Crippen LogP contribution is 2.39. The molecule has 4 nitrogen and oxygen atoms in total. The predicted molar refractivity (Wildman–Crippen MR) is 68.4 cm³/mol. The third kappa shape index (κ3) is 2.57. The molecule has 0 atom stereocenters. The first-order chi connectivity index (χ1) is 8.33. The third-order valence-electron chi connectivity index (χ3n) is 3.50. The Balaban J connectivity index is 1.84. The highest BCUT2D eigenvalue weighted by Gasteiger charge is 2.26. The van der Waals surface area contributed by atoms with Gasteiger partial charge in [-0.2, -0.15) is 0 Å². The Morgan fingerprint density at radius 2 is 2.12 bits per heavy atom. The molecule has 4 heteroatoms. The van der Waals surface area contributed by atoms with Crippen LogP contribution in [0.25, 0.3) is 0 Å². The van der Waals surface area contributed by atoms with Crippen LogP contribution in [0.2, 0.25) is 0 Å². The Morgan fingerprint density at radius 1 is 1.24 bits per heavy atom. The van der Waals surface area contributed by atoms with Crippen molar-refractivity contribution in [3.63, 3.8) is 0 Å². The van der Waals surface area contributed by atoms with Crippen molar-refractivity contribution in [2.45, 2.75) is 32.1 Å². The van der Waals surface area contributed by atoms with Crippen molar-refractivity contribution in [1.82, 2.24) is 15.3 Å². The molecule has 3 rings (SSSR count). The van der Waals surface area contributed by atoms with E-state index in [2.05, 4.69) is 26.3 Å². The summed E-state index contributed by atoms with van der Waals surface area (Å²) in [4.78, 5) is 11.5. The zero-order chi connectivity index (χ0) is 11.7. The van der Waals surface area contributed by atoms with Crippen molar-refractivity contribution >= 4 is 5.82 Å². The van der Waals surface area contributed by atoms with E-state index < -0.39 is 0 Å². The van der Waals surface area contributed by atoms with E-state index in [-0.39, 0.29) is 0 Å². The minimum Gasteiger partial charge on any atom is -0.355 e. The Kier molecular flexibility index (Phi) is 2.97. The number of anilines is 1. The molecule has 0 unspecified atom stereocenters. The molecule has 2 heterocycles. The van der Waals surface area contributed by atoms with Crippen molar-refractivity contribution in [3.8, 4) is 0 Å².